The van der Waals surface area contributed by atoms with Crippen molar-refractivity contribution in [3.05, 3.63) is 219 Å². The molecule has 1 saturated heterocycles. The number of unbranched alkanes of at least 4 members (excludes halogenated alkanes) is 1. The summed E-state index contributed by atoms with van der Waals surface area (Å²) in [6.07, 6.45) is 25.6. The molecule has 114 heavy (non-hydrogen) atoms. The summed E-state index contributed by atoms with van der Waals surface area (Å²) in [7, 11) is -2.74. The first-order chi connectivity index (χ1) is 52.1. The second-order valence-corrected chi connectivity index (χ2v) is 48.3. The van der Waals surface area contributed by atoms with Gasteiger partial charge in [0.1, 0.15) is 15.5 Å². The third-order valence-electron chi connectivity index (χ3n) is 20.2. The molecule has 6 aromatic rings. The summed E-state index contributed by atoms with van der Waals surface area (Å²) in [4.78, 5) is 14.9. The summed E-state index contributed by atoms with van der Waals surface area (Å²) in [6, 6.07) is 41.0. The minimum atomic E-state index is -1.60. The number of ether oxygens (including phenoxy) is 1. The van der Waals surface area contributed by atoms with Crippen molar-refractivity contribution in [2.45, 2.75) is 330 Å². The average Bonchev–Trinajstić information content (AvgIpc) is 1.61. The van der Waals surface area contributed by atoms with Crippen LogP contribution in [-0.2, 0) is 4.74 Å². The third kappa shape index (κ3) is 31.6. The molecular weight excluding hydrogens is 1430 g/mol. The van der Waals surface area contributed by atoms with Gasteiger partial charge < -0.3 is 41.1 Å². The first-order valence-electron chi connectivity index (χ1n) is 42.2. The van der Waals surface area contributed by atoms with E-state index in [4.69, 9.17) is 15.8 Å². The number of hydrogen-bond acceptors (Lipinski definition) is 7. The summed E-state index contributed by atoms with van der Waals surface area (Å²) in [5, 5.41) is 1.53. The Hall–Kier alpha value is -5.66. The van der Waals surface area contributed by atoms with Crippen molar-refractivity contribution >= 4 is 60.7 Å². The SMILES string of the molecule is C.C#C.C1CCOC1.CC#CC.CC(C)c1cccc(C(C)C)c1N1C=C([Si](C)(C)C)N(c2c(C(C)C)cccc2C(C)C)C1.CC(C)c1cccc(C(C)C)c1N1C=CN(c2c(C(C)C)cccc2C(C)C)C1.CC(C)c1cccc(C(C)C)c1N1[C-]=CN(c2c(C(C)C)cccc2C(C)C)C1.C[Si](C)(C)Cl.[CH2-]CCC.[Li+].[Li+]. The van der Waals surface area contributed by atoms with Crippen LogP contribution in [-0.4, -0.2) is 48.7 Å². The van der Waals surface area contributed by atoms with Crippen molar-refractivity contribution in [1.29, 1.82) is 0 Å². The number of para-hydroxylation sites is 6. The Kier molecular flexibility index (Phi) is 49.7. The van der Waals surface area contributed by atoms with Crippen LogP contribution in [0.4, 0.5) is 34.1 Å². The monoisotopic (exact) mass is 1590 g/mol. The molecule has 0 aliphatic carbocycles. The molecule has 0 unspecified atom stereocenters. The molecule has 620 valence electrons. The van der Waals surface area contributed by atoms with Gasteiger partial charge in [0.2, 0.25) is 0 Å². The molecule has 12 heteroatoms. The maximum absolute atomic E-state index is 5.67. The summed E-state index contributed by atoms with van der Waals surface area (Å²) < 4.78 is 4.94. The molecule has 7 nitrogen and oxygen atoms in total. The summed E-state index contributed by atoms with van der Waals surface area (Å²) in [6.45, 7) is 83.0. The predicted octanol–water partition coefficient (Wildman–Crippen LogP) is 25.3. The Morgan fingerprint density at radius 3 is 0.833 bits per heavy atom. The number of rotatable bonds is 20. The fraction of sp³-hybridized carbons (Fsp3) is 0.539. The Bertz CT molecular complexity index is 3490. The number of benzene rings is 6. The molecule has 0 amide bonds. The summed E-state index contributed by atoms with van der Waals surface area (Å²) in [5.74, 6) is 11.3. The topological polar surface area (TPSA) is 28.7 Å². The molecule has 0 aromatic heterocycles. The third-order valence-corrected chi connectivity index (χ3v) is 22.1. The largest absolute Gasteiger partial charge is 1.00 e. The zero-order chi connectivity index (χ0) is 84.1. The first kappa shape index (κ1) is 108. The summed E-state index contributed by atoms with van der Waals surface area (Å²) >= 11 is 5.67. The minimum Gasteiger partial charge on any atom is -0.493 e. The van der Waals surface area contributed by atoms with E-state index >= 15 is 0 Å². The van der Waals surface area contributed by atoms with E-state index in [9.17, 15) is 0 Å². The van der Waals surface area contributed by atoms with Crippen LogP contribution in [0.5, 0.6) is 0 Å². The van der Waals surface area contributed by atoms with Gasteiger partial charge in [0, 0.05) is 65.6 Å². The number of halogens is 1. The van der Waals surface area contributed by atoms with Crippen LogP contribution in [0.15, 0.2) is 139 Å². The normalized spacial score (nSPS) is 13.6. The molecule has 4 heterocycles. The molecule has 0 atom stereocenters. The van der Waals surface area contributed by atoms with Gasteiger partial charge in [-0.05, 0) is 153 Å². The molecule has 0 N–H and O–H groups in total. The van der Waals surface area contributed by atoms with Gasteiger partial charge in [0.05, 0.1) is 20.0 Å². The second kappa shape index (κ2) is 52.3. The van der Waals surface area contributed by atoms with Crippen LogP contribution in [0.3, 0.4) is 0 Å². The number of nitrogens with zero attached hydrogens (tertiary/aromatic N) is 6. The van der Waals surface area contributed by atoms with Crippen molar-refractivity contribution in [1.82, 2.24) is 0 Å². The van der Waals surface area contributed by atoms with Gasteiger partial charge in [-0.1, -0.05) is 342 Å². The van der Waals surface area contributed by atoms with Crippen LogP contribution in [0, 0.1) is 37.8 Å². The van der Waals surface area contributed by atoms with Crippen molar-refractivity contribution in [3.63, 3.8) is 0 Å². The molecular formula is C102H159ClLi2N6OSi2. The first-order valence-corrected chi connectivity index (χ1v) is 50.2. The smallest absolute Gasteiger partial charge is 0.493 e. The molecule has 0 radical (unpaired) electrons. The van der Waals surface area contributed by atoms with E-state index < -0.39 is 15.5 Å². The van der Waals surface area contributed by atoms with Crippen LogP contribution in [0.1, 0.15) is 358 Å². The standard InChI is InChI=1S/C30H46N2Si.C27H38N2.C27H37N2.C4H8O.C4H9.C4H6.C3H9ClSi.C2H2.CH4.2Li/c1-20(2)24-14-12-15-25(21(3)4)29(24)31-18-28(33(9,10)11)32(19-31)30-26(22(5)6)16-13-17-27(30)23(7)8;2*1-18(2)22-11-9-12-23(19(3)4)26(22)28-15-16-29(17-28)27-24(20(5)6)13-10-14-25(27)21(7)8;1-2-4-5-3-1;2*1-3-4-2;1-5(2,3)4;1-2;;;/h12-18,20-23H,19H2,1-11H3;9-16,18-21H,17H2,1-8H3;9-15,18-21H,17H2,1-8H3;1-4H2;1,3-4H2,2H3;1-2H3;1-3H3;1-2H;1H4;;/q;;-1;;-1;;;;;2*+1. The molecule has 1 fully saturated rings. The van der Waals surface area contributed by atoms with E-state index in [2.05, 4.69) is 414 Å². The Morgan fingerprint density at radius 1 is 0.395 bits per heavy atom. The van der Waals surface area contributed by atoms with Crippen LogP contribution >= 0.6 is 11.1 Å². The van der Waals surface area contributed by atoms with Crippen molar-refractivity contribution in [2.24, 2.45) is 0 Å². The molecule has 0 saturated carbocycles. The number of anilines is 6. The quantitative estimate of drug-likeness (QED) is 0.0326. The fourth-order valence-corrected chi connectivity index (χ4v) is 15.8. The van der Waals surface area contributed by atoms with Gasteiger partial charge >= 0.3 is 37.7 Å². The van der Waals surface area contributed by atoms with Gasteiger partial charge in [0.25, 0.3) is 0 Å². The van der Waals surface area contributed by atoms with Crippen molar-refractivity contribution in [2.75, 3.05) is 62.6 Å². The average molecular weight is 1590 g/mol. The van der Waals surface area contributed by atoms with E-state index in [1.807, 2.05) is 13.8 Å². The van der Waals surface area contributed by atoms with Crippen LogP contribution in [0.25, 0.3) is 0 Å². The van der Waals surface area contributed by atoms with E-state index in [-0.39, 0.29) is 45.1 Å². The van der Waals surface area contributed by atoms with Gasteiger partial charge in [-0.2, -0.15) is 23.7 Å². The maximum atomic E-state index is 5.67. The molecule has 4 aliphatic rings. The Labute approximate surface area is 734 Å². The Balaban J connectivity index is 0.00000148. The zero-order valence-electron chi connectivity index (χ0n) is 78.3. The fourth-order valence-electron chi connectivity index (χ4n) is 14.3. The van der Waals surface area contributed by atoms with E-state index in [0.29, 0.717) is 71.0 Å². The van der Waals surface area contributed by atoms with Gasteiger partial charge in [-0.15, -0.1) is 41.5 Å². The number of terminal acetylenes is 1. The molecule has 10 rings (SSSR count). The van der Waals surface area contributed by atoms with Crippen LogP contribution < -0.4 is 67.1 Å². The van der Waals surface area contributed by atoms with E-state index in [1.165, 1.54) is 125 Å². The molecule has 0 bridgehead atoms. The van der Waals surface area contributed by atoms with Gasteiger partial charge in [-0.25, -0.2) is 0 Å². The zero-order valence-corrected chi connectivity index (χ0v) is 81.1. The van der Waals surface area contributed by atoms with E-state index in [0.717, 1.165) is 39.6 Å². The summed E-state index contributed by atoms with van der Waals surface area (Å²) in [5.41, 5.74) is 25.6. The number of hydrogen-bond donors (Lipinski definition) is 0. The van der Waals surface area contributed by atoms with Crippen LogP contribution in [0.2, 0.25) is 39.3 Å². The molecule has 6 aromatic carbocycles. The Morgan fingerprint density at radius 2 is 0.623 bits per heavy atom. The molecule has 4 aliphatic heterocycles. The second-order valence-electron chi connectivity index (χ2n) is 35.8. The van der Waals surface area contributed by atoms with E-state index in [1.54, 1.807) is 0 Å². The van der Waals surface area contributed by atoms with Gasteiger partial charge in [0.15, 0.2) is 0 Å². The minimum absolute atomic E-state index is 0. The van der Waals surface area contributed by atoms with Crippen molar-refractivity contribution in [3.8, 4) is 24.7 Å². The molecule has 0 spiro atoms. The van der Waals surface area contributed by atoms with Gasteiger partial charge in [-0.3, -0.25) is 0 Å². The maximum Gasteiger partial charge on any atom is 1.00 e. The predicted molar refractivity (Wildman–Crippen MR) is 511 cm³/mol. The van der Waals surface area contributed by atoms with Crippen molar-refractivity contribution < 1.29 is 42.5 Å².